The molecule has 118 valence electrons. The van der Waals surface area contributed by atoms with Crippen LogP contribution < -0.4 is 5.73 Å². The summed E-state index contributed by atoms with van der Waals surface area (Å²) in [7, 11) is 2.02. The number of likely N-dealkylation sites (tertiary alicyclic amines) is 1. The molecule has 0 bridgehead atoms. The van der Waals surface area contributed by atoms with Gasteiger partial charge >= 0.3 is 0 Å². The quantitative estimate of drug-likeness (QED) is 0.860. The highest BCUT2D eigenvalue weighted by molar-refractivity contribution is 7.98. The minimum atomic E-state index is -0.343. The number of thioether (sulfide) groups is 1. The second-order valence-corrected chi connectivity index (χ2v) is 6.82. The van der Waals surface area contributed by atoms with Crippen LogP contribution in [-0.4, -0.2) is 51.5 Å². The summed E-state index contributed by atoms with van der Waals surface area (Å²) in [4.78, 5) is 18.7. The van der Waals surface area contributed by atoms with Gasteiger partial charge in [-0.3, -0.25) is 4.79 Å². The van der Waals surface area contributed by atoms with Crippen molar-refractivity contribution in [1.82, 2.24) is 14.5 Å². The third-order valence-corrected chi connectivity index (χ3v) is 4.82. The second-order valence-electron chi connectivity index (χ2n) is 5.84. The Labute approximate surface area is 131 Å². The molecule has 1 fully saturated rings. The van der Waals surface area contributed by atoms with Crippen molar-refractivity contribution in [2.75, 3.05) is 25.1 Å². The van der Waals surface area contributed by atoms with E-state index in [4.69, 9.17) is 5.73 Å². The molecule has 1 aliphatic heterocycles. The predicted molar refractivity (Wildman–Crippen MR) is 87.2 cm³/mol. The van der Waals surface area contributed by atoms with Gasteiger partial charge in [0.05, 0.1) is 6.04 Å². The van der Waals surface area contributed by atoms with E-state index in [1.165, 1.54) is 0 Å². The van der Waals surface area contributed by atoms with Crippen molar-refractivity contribution < 1.29 is 4.79 Å². The van der Waals surface area contributed by atoms with E-state index < -0.39 is 0 Å². The predicted octanol–water partition coefficient (Wildman–Crippen LogP) is 1.28. The molecule has 1 amide bonds. The summed E-state index contributed by atoms with van der Waals surface area (Å²) in [6, 6.07) is -0.343. The maximum Gasteiger partial charge on any atom is 0.239 e. The van der Waals surface area contributed by atoms with Crippen molar-refractivity contribution >= 4 is 17.7 Å². The molecule has 5 nitrogen and oxygen atoms in total. The summed E-state index contributed by atoms with van der Waals surface area (Å²) < 4.78 is 2.06. The largest absolute Gasteiger partial charge is 0.341 e. The van der Waals surface area contributed by atoms with E-state index in [1.807, 2.05) is 30.6 Å². The molecule has 0 aliphatic carbocycles. The van der Waals surface area contributed by atoms with E-state index in [-0.39, 0.29) is 11.9 Å². The molecule has 0 spiro atoms. The fourth-order valence-corrected chi connectivity index (χ4v) is 3.38. The van der Waals surface area contributed by atoms with Gasteiger partial charge < -0.3 is 15.2 Å². The zero-order valence-corrected chi connectivity index (χ0v) is 13.8. The maximum absolute atomic E-state index is 12.4. The van der Waals surface area contributed by atoms with Crippen LogP contribution in [0.25, 0.3) is 0 Å². The Morgan fingerprint density at radius 2 is 2.43 bits per heavy atom. The number of nitrogens with zero attached hydrogens (tertiary/aromatic N) is 3. The molecular weight excluding hydrogens is 284 g/mol. The first-order valence-electron chi connectivity index (χ1n) is 7.61. The highest BCUT2D eigenvalue weighted by Crippen LogP contribution is 2.21. The molecule has 1 saturated heterocycles. The molecule has 1 aromatic heterocycles. The van der Waals surface area contributed by atoms with Crippen molar-refractivity contribution in [3.63, 3.8) is 0 Å². The Morgan fingerprint density at radius 3 is 3.10 bits per heavy atom. The van der Waals surface area contributed by atoms with E-state index in [1.54, 1.807) is 11.8 Å². The number of carbonyl (C=O) groups excluding carboxylic acids is 1. The van der Waals surface area contributed by atoms with Crippen LogP contribution in [0.5, 0.6) is 0 Å². The number of piperidine rings is 1. The Morgan fingerprint density at radius 1 is 1.62 bits per heavy atom. The fourth-order valence-electron chi connectivity index (χ4n) is 2.89. The Balaban J connectivity index is 1.88. The third-order valence-electron chi connectivity index (χ3n) is 4.17. The molecule has 0 aromatic carbocycles. The van der Waals surface area contributed by atoms with Gasteiger partial charge in [0.25, 0.3) is 0 Å². The maximum atomic E-state index is 12.4. The minimum absolute atomic E-state index is 0.119. The van der Waals surface area contributed by atoms with E-state index >= 15 is 0 Å². The monoisotopic (exact) mass is 310 g/mol. The van der Waals surface area contributed by atoms with Gasteiger partial charge in [0.15, 0.2) is 0 Å². The molecule has 2 N–H and O–H groups in total. The van der Waals surface area contributed by atoms with Crippen molar-refractivity contribution in [3.05, 3.63) is 18.2 Å². The molecule has 0 saturated carbocycles. The van der Waals surface area contributed by atoms with Crippen LogP contribution >= 0.6 is 11.8 Å². The lowest BCUT2D eigenvalue weighted by Crippen LogP contribution is -2.48. The molecular formula is C15H26N4OS. The van der Waals surface area contributed by atoms with Crippen LogP contribution in [0.1, 0.15) is 25.1 Å². The number of rotatable bonds is 6. The highest BCUT2D eigenvalue weighted by atomic mass is 32.2. The number of hydrogen-bond acceptors (Lipinski definition) is 4. The van der Waals surface area contributed by atoms with Gasteiger partial charge in [-0.25, -0.2) is 4.98 Å². The van der Waals surface area contributed by atoms with Crippen LogP contribution in [0, 0.1) is 5.92 Å². The SMILES string of the molecule is CSCC[C@H](N)C(=O)N1CCCC(Cc2nccn2C)C1. The third kappa shape index (κ3) is 4.48. The molecule has 2 heterocycles. The molecule has 2 atom stereocenters. The van der Waals surface area contributed by atoms with Crippen LogP contribution in [-0.2, 0) is 18.3 Å². The van der Waals surface area contributed by atoms with Crippen LogP contribution in [0.2, 0.25) is 0 Å². The molecule has 2 rings (SSSR count). The highest BCUT2D eigenvalue weighted by Gasteiger charge is 2.27. The molecule has 1 aliphatic rings. The Hall–Kier alpha value is -1.01. The van der Waals surface area contributed by atoms with Gasteiger partial charge in [0, 0.05) is 39.0 Å². The number of aromatic nitrogens is 2. The summed E-state index contributed by atoms with van der Waals surface area (Å²) in [5.41, 5.74) is 6.02. The summed E-state index contributed by atoms with van der Waals surface area (Å²) in [6.45, 7) is 1.67. The number of nitrogens with two attached hydrogens (primary N) is 1. The van der Waals surface area contributed by atoms with E-state index in [0.717, 1.165) is 50.4 Å². The zero-order chi connectivity index (χ0) is 15.2. The molecule has 6 heteroatoms. The standard InChI is InChI=1S/C15H26N4OS/c1-18-8-6-17-14(18)10-12-4-3-7-19(11-12)15(20)13(16)5-9-21-2/h6,8,12-13H,3-5,7,9-11,16H2,1-2H3/t12?,13-/m0/s1. The van der Waals surface area contributed by atoms with Crippen LogP contribution in [0.4, 0.5) is 0 Å². The summed E-state index contributed by atoms with van der Waals surface area (Å²) in [5.74, 6) is 2.66. The van der Waals surface area contributed by atoms with E-state index in [9.17, 15) is 4.79 Å². The molecule has 1 aromatic rings. The molecule has 0 radical (unpaired) electrons. The zero-order valence-electron chi connectivity index (χ0n) is 13.0. The second kappa shape index (κ2) is 7.84. The van der Waals surface area contributed by atoms with Crippen molar-refractivity contribution in [1.29, 1.82) is 0 Å². The van der Waals surface area contributed by atoms with Gasteiger partial charge in [-0.05, 0) is 37.2 Å². The van der Waals surface area contributed by atoms with Crippen molar-refractivity contribution in [2.24, 2.45) is 18.7 Å². The fraction of sp³-hybridized carbons (Fsp3) is 0.733. The van der Waals surface area contributed by atoms with Gasteiger partial charge in [0.1, 0.15) is 5.82 Å². The van der Waals surface area contributed by atoms with E-state index in [2.05, 4.69) is 9.55 Å². The van der Waals surface area contributed by atoms with E-state index in [0.29, 0.717) is 5.92 Å². The normalized spacial score (nSPS) is 20.5. The summed E-state index contributed by atoms with van der Waals surface area (Å²) in [5, 5.41) is 0. The first-order valence-corrected chi connectivity index (χ1v) is 9.00. The molecule has 21 heavy (non-hydrogen) atoms. The summed E-state index contributed by atoms with van der Waals surface area (Å²) in [6.07, 6.45) is 9.78. The van der Waals surface area contributed by atoms with Gasteiger partial charge in [-0.1, -0.05) is 0 Å². The van der Waals surface area contributed by atoms with Crippen molar-refractivity contribution in [3.8, 4) is 0 Å². The average Bonchev–Trinajstić information content (AvgIpc) is 2.89. The number of hydrogen-bond donors (Lipinski definition) is 1. The van der Waals surface area contributed by atoms with Crippen LogP contribution in [0.3, 0.4) is 0 Å². The van der Waals surface area contributed by atoms with Crippen molar-refractivity contribution in [2.45, 2.75) is 31.7 Å². The lowest BCUT2D eigenvalue weighted by molar-refractivity contribution is -0.134. The van der Waals surface area contributed by atoms with Gasteiger partial charge in [-0.2, -0.15) is 11.8 Å². The lowest BCUT2D eigenvalue weighted by Gasteiger charge is -2.34. The smallest absolute Gasteiger partial charge is 0.239 e. The molecule has 1 unspecified atom stereocenters. The van der Waals surface area contributed by atoms with Gasteiger partial charge in [-0.15, -0.1) is 0 Å². The average molecular weight is 310 g/mol. The Bertz CT molecular complexity index is 462. The first-order chi connectivity index (χ1) is 10.1. The number of carbonyl (C=O) groups is 1. The minimum Gasteiger partial charge on any atom is -0.341 e. The Kier molecular flexibility index (Phi) is 6.11. The van der Waals surface area contributed by atoms with Gasteiger partial charge in [0.2, 0.25) is 5.91 Å². The number of imidazole rings is 1. The number of amides is 1. The summed E-state index contributed by atoms with van der Waals surface area (Å²) >= 11 is 1.74. The first kappa shape index (κ1) is 16.4. The van der Waals surface area contributed by atoms with Crippen LogP contribution in [0.15, 0.2) is 12.4 Å². The topological polar surface area (TPSA) is 64.2 Å². The number of aryl methyl sites for hydroxylation is 1. The lowest BCUT2D eigenvalue weighted by atomic mass is 9.94.